The second-order valence-electron chi connectivity index (χ2n) is 5.49. The van der Waals surface area contributed by atoms with Gasteiger partial charge in [0.1, 0.15) is 23.0 Å². The topological polar surface area (TPSA) is 95.1 Å². The lowest BCUT2D eigenvalue weighted by Crippen LogP contribution is -2.40. The minimum Gasteiger partial charge on any atom is -0.497 e. The fourth-order valence-electron chi connectivity index (χ4n) is 2.31. The van der Waals surface area contributed by atoms with Crippen molar-refractivity contribution < 1.29 is 28.5 Å². The Morgan fingerprint density at radius 3 is 2.00 bits per heavy atom. The van der Waals surface area contributed by atoms with Gasteiger partial charge in [-0.2, -0.15) is 0 Å². The Hall–Kier alpha value is -3.68. The number of benzene rings is 2. The van der Waals surface area contributed by atoms with E-state index in [9.17, 15) is 9.59 Å². The van der Waals surface area contributed by atoms with E-state index in [-0.39, 0.29) is 5.56 Å². The number of hydrazine groups is 1. The molecule has 0 heterocycles. The number of ether oxygens (including phenoxy) is 4. The number of amides is 2. The molecule has 0 saturated carbocycles. The van der Waals surface area contributed by atoms with Gasteiger partial charge in [0.2, 0.25) is 0 Å². The Morgan fingerprint density at radius 1 is 0.786 bits per heavy atom. The van der Waals surface area contributed by atoms with Crippen LogP contribution < -0.4 is 29.8 Å². The van der Waals surface area contributed by atoms with E-state index in [1.165, 1.54) is 39.5 Å². The van der Waals surface area contributed by atoms with Gasteiger partial charge in [-0.25, -0.2) is 0 Å². The Bertz CT molecular complexity index is 857. The van der Waals surface area contributed by atoms with Crippen molar-refractivity contribution in [2.75, 3.05) is 28.4 Å². The summed E-state index contributed by atoms with van der Waals surface area (Å²) >= 11 is 0. The highest BCUT2D eigenvalue weighted by molar-refractivity contribution is 5.98. The molecule has 2 rings (SSSR count). The van der Waals surface area contributed by atoms with Gasteiger partial charge in [0, 0.05) is 23.3 Å². The lowest BCUT2D eigenvalue weighted by Gasteiger charge is -2.09. The molecule has 8 heteroatoms. The second kappa shape index (κ2) is 9.86. The monoisotopic (exact) mass is 386 g/mol. The highest BCUT2D eigenvalue weighted by Crippen LogP contribution is 2.25. The Kier molecular flexibility index (Phi) is 7.27. The van der Waals surface area contributed by atoms with Crippen molar-refractivity contribution in [3.63, 3.8) is 0 Å². The van der Waals surface area contributed by atoms with E-state index in [0.717, 1.165) is 0 Å². The summed E-state index contributed by atoms with van der Waals surface area (Å²) in [6.45, 7) is 0. The maximum absolute atomic E-state index is 12.2. The third-order valence-electron chi connectivity index (χ3n) is 3.76. The number of hydrogen-bond donors (Lipinski definition) is 2. The molecule has 0 aliphatic carbocycles. The molecule has 0 saturated heterocycles. The molecule has 0 atom stereocenters. The predicted molar refractivity (Wildman–Crippen MR) is 104 cm³/mol. The first-order valence-electron chi connectivity index (χ1n) is 8.24. The zero-order chi connectivity index (χ0) is 20.5. The molecule has 2 aromatic rings. The lowest BCUT2D eigenvalue weighted by molar-refractivity contribution is -0.117. The molecule has 2 aromatic carbocycles. The third kappa shape index (κ3) is 5.41. The predicted octanol–water partition coefficient (Wildman–Crippen LogP) is 2.20. The summed E-state index contributed by atoms with van der Waals surface area (Å²) in [7, 11) is 6.04. The van der Waals surface area contributed by atoms with E-state index in [2.05, 4.69) is 10.9 Å². The van der Waals surface area contributed by atoms with Crippen LogP contribution in [-0.2, 0) is 4.79 Å². The number of methoxy groups -OCH3 is 4. The molecule has 28 heavy (non-hydrogen) atoms. The highest BCUT2D eigenvalue weighted by Gasteiger charge is 2.10. The molecule has 0 aliphatic rings. The van der Waals surface area contributed by atoms with Gasteiger partial charge in [0.15, 0.2) is 0 Å². The summed E-state index contributed by atoms with van der Waals surface area (Å²) in [4.78, 5) is 24.3. The molecule has 8 nitrogen and oxygen atoms in total. The molecular formula is C20H22N2O6. The standard InChI is InChI=1S/C20H22N2O6/c1-25-15-6-7-18(28-4)13(9-15)5-8-19(23)21-22-20(24)14-10-16(26-2)12-17(11-14)27-3/h5-12H,1-4H3,(H,21,23)(H,22,24)/b8-5+. The first kappa shape index (κ1) is 20.6. The highest BCUT2D eigenvalue weighted by atomic mass is 16.5. The fraction of sp³-hybridized carbons (Fsp3) is 0.200. The summed E-state index contributed by atoms with van der Waals surface area (Å²) in [5, 5.41) is 0. The minimum atomic E-state index is -0.520. The van der Waals surface area contributed by atoms with E-state index >= 15 is 0 Å². The van der Waals surface area contributed by atoms with Crippen molar-refractivity contribution in [1.82, 2.24) is 10.9 Å². The van der Waals surface area contributed by atoms with Crippen LogP contribution in [0, 0.1) is 0 Å². The normalized spacial score (nSPS) is 10.3. The van der Waals surface area contributed by atoms with Crippen LogP contribution in [0.25, 0.3) is 6.08 Å². The van der Waals surface area contributed by atoms with Gasteiger partial charge < -0.3 is 18.9 Å². The van der Waals surface area contributed by atoms with Crippen molar-refractivity contribution in [2.24, 2.45) is 0 Å². The summed E-state index contributed by atoms with van der Waals surface area (Å²) in [6.07, 6.45) is 2.82. The van der Waals surface area contributed by atoms with Crippen molar-refractivity contribution in [3.05, 3.63) is 53.6 Å². The van der Waals surface area contributed by atoms with Crippen molar-refractivity contribution >= 4 is 17.9 Å². The van der Waals surface area contributed by atoms with Gasteiger partial charge in [-0.3, -0.25) is 20.4 Å². The van der Waals surface area contributed by atoms with Crippen molar-refractivity contribution in [3.8, 4) is 23.0 Å². The number of nitrogens with one attached hydrogen (secondary N) is 2. The van der Waals surface area contributed by atoms with Crippen LogP contribution in [0.4, 0.5) is 0 Å². The van der Waals surface area contributed by atoms with Gasteiger partial charge in [-0.05, 0) is 36.4 Å². The van der Waals surface area contributed by atoms with E-state index in [1.807, 2.05) is 0 Å². The molecule has 0 unspecified atom stereocenters. The van der Waals surface area contributed by atoms with Crippen LogP contribution in [0.2, 0.25) is 0 Å². The number of carbonyl (C=O) groups excluding carboxylic acids is 2. The zero-order valence-electron chi connectivity index (χ0n) is 16.1. The van der Waals surface area contributed by atoms with Crippen LogP contribution in [0.1, 0.15) is 15.9 Å². The maximum atomic E-state index is 12.2. The molecule has 0 aliphatic heterocycles. The van der Waals surface area contributed by atoms with Gasteiger partial charge in [-0.15, -0.1) is 0 Å². The van der Waals surface area contributed by atoms with Gasteiger partial charge >= 0.3 is 0 Å². The van der Waals surface area contributed by atoms with E-state index < -0.39 is 11.8 Å². The van der Waals surface area contributed by atoms with Crippen LogP contribution in [-0.4, -0.2) is 40.3 Å². The Morgan fingerprint density at radius 2 is 1.43 bits per heavy atom. The second-order valence-corrected chi connectivity index (χ2v) is 5.49. The van der Waals surface area contributed by atoms with Gasteiger partial charge in [0.25, 0.3) is 11.8 Å². The van der Waals surface area contributed by atoms with Crippen LogP contribution in [0.3, 0.4) is 0 Å². The van der Waals surface area contributed by atoms with Gasteiger partial charge in [-0.1, -0.05) is 0 Å². The first-order valence-corrected chi connectivity index (χ1v) is 8.24. The smallest absolute Gasteiger partial charge is 0.269 e. The zero-order valence-corrected chi connectivity index (χ0v) is 16.1. The average Bonchev–Trinajstić information content (AvgIpc) is 2.75. The van der Waals surface area contributed by atoms with Crippen LogP contribution >= 0.6 is 0 Å². The molecule has 0 bridgehead atoms. The number of rotatable bonds is 7. The van der Waals surface area contributed by atoms with Crippen LogP contribution in [0.5, 0.6) is 23.0 Å². The third-order valence-corrected chi connectivity index (χ3v) is 3.76. The van der Waals surface area contributed by atoms with Crippen LogP contribution in [0.15, 0.2) is 42.5 Å². The summed E-state index contributed by atoms with van der Waals surface area (Å²) in [6, 6.07) is 9.90. The molecule has 2 N–H and O–H groups in total. The average molecular weight is 386 g/mol. The van der Waals surface area contributed by atoms with E-state index in [4.69, 9.17) is 18.9 Å². The largest absolute Gasteiger partial charge is 0.497 e. The Balaban J connectivity index is 2.02. The van der Waals surface area contributed by atoms with E-state index in [0.29, 0.717) is 28.6 Å². The number of carbonyl (C=O) groups is 2. The number of hydrogen-bond acceptors (Lipinski definition) is 6. The first-order chi connectivity index (χ1) is 13.5. The van der Waals surface area contributed by atoms with Crippen molar-refractivity contribution in [1.29, 1.82) is 0 Å². The molecule has 0 aromatic heterocycles. The molecule has 0 fully saturated rings. The lowest BCUT2D eigenvalue weighted by atomic mass is 10.1. The molecule has 148 valence electrons. The minimum absolute atomic E-state index is 0.273. The SMILES string of the molecule is COc1cc(OC)cc(C(=O)NNC(=O)/C=C/c2cc(OC)ccc2OC)c1. The van der Waals surface area contributed by atoms with E-state index in [1.54, 1.807) is 37.5 Å². The molecule has 0 radical (unpaired) electrons. The maximum Gasteiger partial charge on any atom is 0.269 e. The summed E-state index contributed by atoms with van der Waals surface area (Å²) in [5.41, 5.74) is 5.57. The van der Waals surface area contributed by atoms with Crippen molar-refractivity contribution in [2.45, 2.75) is 0 Å². The fourth-order valence-corrected chi connectivity index (χ4v) is 2.31. The summed E-state index contributed by atoms with van der Waals surface area (Å²) in [5.74, 6) is 1.09. The molecular weight excluding hydrogens is 364 g/mol. The Labute approximate surface area is 163 Å². The quantitative estimate of drug-likeness (QED) is 0.560. The molecule has 2 amide bonds. The molecule has 0 spiro atoms. The van der Waals surface area contributed by atoms with Gasteiger partial charge in [0.05, 0.1) is 28.4 Å². The summed E-state index contributed by atoms with van der Waals surface area (Å²) < 4.78 is 20.6.